The van der Waals surface area contributed by atoms with Crippen molar-refractivity contribution in [2.45, 2.75) is 45.6 Å². The van der Waals surface area contributed by atoms with Gasteiger partial charge < -0.3 is 15.0 Å². The molecule has 5 nitrogen and oxygen atoms in total. The lowest BCUT2D eigenvalue weighted by Crippen LogP contribution is -2.43. The van der Waals surface area contributed by atoms with Gasteiger partial charge in [0.25, 0.3) is 0 Å². The summed E-state index contributed by atoms with van der Waals surface area (Å²) in [4.78, 5) is 25.9. The minimum Gasteiger partial charge on any atom is -0.406 e. The second-order valence-electron chi connectivity index (χ2n) is 6.99. The van der Waals surface area contributed by atoms with Crippen molar-refractivity contribution >= 4 is 11.8 Å². The van der Waals surface area contributed by atoms with Gasteiger partial charge in [0, 0.05) is 25.0 Å². The number of benzene rings is 1. The van der Waals surface area contributed by atoms with Crippen LogP contribution in [0.5, 0.6) is 5.75 Å². The van der Waals surface area contributed by atoms with Crippen LogP contribution in [0.25, 0.3) is 0 Å². The number of rotatable bonds is 4. The Morgan fingerprint density at radius 1 is 1.32 bits per heavy atom. The molecule has 0 radical (unpaired) electrons. The number of amides is 2. The first kappa shape index (κ1) is 19.1. The van der Waals surface area contributed by atoms with Crippen molar-refractivity contribution < 1.29 is 27.5 Å². The Morgan fingerprint density at radius 2 is 2.00 bits per heavy atom. The zero-order valence-corrected chi connectivity index (χ0v) is 14.3. The Hall–Kier alpha value is -2.25. The molecule has 1 saturated heterocycles. The van der Waals surface area contributed by atoms with Gasteiger partial charge in [0.2, 0.25) is 11.8 Å². The van der Waals surface area contributed by atoms with Crippen molar-refractivity contribution in [3.8, 4) is 5.75 Å². The highest BCUT2D eigenvalue weighted by Crippen LogP contribution is 2.26. The number of hydrogen-bond acceptors (Lipinski definition) is 3. The van der Waals surface area contributed by atoms with Crippen molar-refractivity contribution in [1.29, 1.82) is 0 Å². The number of hydrogen-bond donors (Lipinski definition) is 1. The molecule has 1 aliphatic rings. The van der Waals surface area contributed by atoms with E-state index in [-0.39, 0.29) is 36.1 Å². The maximum Gasteiger partial charge on any atom is 0.573 e. The van der Waals surface area contributed by atoms with Crippen LogP contribution in [0.1, 0.15) is 32.8 Å². The number of carbonyl (C=O) groups excluding carboxylic acids is 2. The summed E-state index contributed by atoms with van der Waals surface area (Å²) in [6, 6.07) is 5.42. The molecule has 2 amide bonds. The summed E-state index contributed by atoms with van der Waals surface area (Å²) in [5, 5.41) is 2.67. The fraction of sp³-hybridized carbons (Fsp3) is 0.529. The fourth-order valence-corrected chi connectivity index (χ4v) is 2.72. The fourth-order valence-electron chi connectivity index (χ4n) is 2.72. The van der Waals surface area contributed by atoms with E-state index in [1.807, 2.05) is 20.8 Å². The Kier molecular flexibility index (Phi) is 5.29. The van der Waals surface area contributed by atoms with Gasteiger partial charge in [0.05, 0.1) is 5.92 Å². The second kappa shape index (κ2) is 6.93. The summed E-state index contributed by atoms with van der Waals surface area (Å²) >= 11 is 0. The Labute approximate surface area is 144 Å². The Balaban J connectivity index is 1.93. The number of carbonyl (C=O) groups is 2. The van der Waals surface area contributed by atoms with Crippen LogP contribution in [0.15, 0.2) is 24.3 Å². The maximum atomic E-state index is 12.2. The molecular weight excluding hydrogens is 337 g/mol. The largest absolute Gasteiger partial charge is 0.573 e. The number of nitrogens with zero attached hydrogens (tertiary/aromatic N) is 1. The van der Waals surface area contributed by atoms with Gasteiger partial charge in [-0.05, 0) is 38.5 Å². The molecule has 1 unspecified atom stereocenters. The monoisotopic (exact) mass is 358 g/mol. The molecular formula is C17H21F3N2O3. The molecule has 0 bridgehead atoms. The van der Waals surface area contributed by atoms with Crippen molar-refractivity contribution in [2.24, 2.45) is 5.92 Å². The van der Waals surface area contributed by atoms with Gasteiger partial charge in [0.15, 0.2) is 0 Å². The summed E-state index contributed by atoms with van der Waals surface area (Å²) in [5.41, 5.74) is 0.127. The van der Waals surface area contributed by atoms with Crippen molar-refractivity contribution in [3.05, 3.63) is 29.8 Å². The molecule has 1 fully saturated rings. The molecule has 1 aromatic rings. The predicted molar refractivity (Wildman–Crippen MR) is 84.5 cm³/mol. The number of halogens is 3. The average Bonchev–Trinajstić information content (AvgIpc) is 2.85. The van der Waals surface area contributed by atoms with Crippen molar-refractivity contribution in [2.75, 3.05) is 6.54 Å². The third-order valence-corrected chi connectivity index (χ3v) is 3.90. The van der Waals surface area contributed by atoms with Gasteiger partial charge in [0.1, 0.15) is 5.75 Å². The van der Waals surface area contributed by atoms with E-state index >= 15 is 0 Å². The first-order chi connectivity index (χ1) is 11.5. The number of nitrogens with one attached hydrogen (secondary N) is 1. The molecule has 1 aliphatic heterocycles. The SMILES string of the molecule is CC(C)(C)N1CC(C(=O)NCc2cccc(OC(F)(F)F)c2)CC1=O. The minimum atomic E-state index is -4.76. The van der Waals surface area contributed by atoms with Gasteiger partial charge in [-0.25, -0.2) is 0 Å². The van der Waals surface area contributed by atoms with E-state index in [9.17, 15) is 22.8 Å². The molecule has 1 atom stereocenters. The van der Waals surface area contributed by atoms with Gasteiger partial charge in [-0.3, -0.25) is 9.59 Å². The van der Waals surface area contributed by atoms with E-state index < -0.39 is 12.3 Å². The molecule has 0 aliphatic carbocycles. The zero-order chi connectivity index (χ0) is 18.8. The quantitative estimate of drug-likeness (QED) is 0.900. The van der Waals surface area contributed by atoms with Crippen LogP contribution in [0.2, 0.25) is 0 Å². The third-order valence-electron chi connectivity index (χ3n) is 3.90. The van der Waals surface area contributed by atoms with E-state index in [4.69, 9.17) is 0 Å². The zero-order valence-electron chi connectivity index (χ0n) is 14.3. The smallest absolute Gasteiger partial charge is 0.406 e. The highest BCUT2D eigenvalue weighted by atomic mass is 19.4. The van der Waals surface area contributed by atoms with Crippen LogP contribution in [-0.4, -0.2) is 35.2 Å². The molecule has 0 saturated carbocycles. The van der Waals surface area contributed by atoms with Crippen LogP contribution >= 0.6 is 0 Å². The topological polar surface area (TPSA) is 58.6 Å². The molecule has 0 aromatic heterocycles. The molecule has 2 rings (SSSR count). The van der Waals surface area contributed by atoms with Gasteiger partial charge >= 0.3 is 6.36 Å². The van der Waals surface area contributed by atoms with Crippen LogP contribution < -0.4 is 10.1 Å². The first-order valence-corrected chi connectivity index (χ1v) is 7.88. The lowest BCUT2D eigenvalue weighted by atomic mass is 10.1. The molecule has 138 valence electrons. The number of ether oxygens (including phenoxy) is 1. The first-order valence-electron chi connectivity index (χ1n) is 7.88. The Bertz CT molecular complexity index is 653. The molecule has 8 heteroatoms. The molecule has 1 aromatic carbocycles. The van der Waals surface area contributed by atoms with Crippen LogP contribution in [0.3, 0.4) is 0 Å². The standard InChI is InChI=1S/C17H21F3N2O3/c1-16(2,3)22-10-12(8-14(22)23)15(24)21-9-11-5-4-6-13(7-11)25-17(18,19)20/h4-7,12H,8-10H2,1-3H3,(H,21,24). The second-order valence-corrected chi connectivity index (χ2v) is 6.99. The number of alkyl halides is 3. The molecule has 1 N–H and O–H groups in total. The van der Waals surface area contributed by atoms with Gasteiger partial charge in [-0.1, -0.05) is 12.1 Å². The van der Waals surface area contributed by atoms with E-state index in [1.54, 1.807) is 11.0 Å². The summed E-state index contributed by atoms with van der Waals surface area (Å²) in [6.45, 7) is 6.10. The van der Waals surface area contributed by atoms with E-state index in [0.29, 0.717) is 12.1 Å². The van der Waals surface area contributed by atoms with Crippen molar-refractivity contribution in [3.63, 3.8) is 0 Å². The highest BCUT2D eigenvalue weighted by molar-refractivity contribution is 5.89. The predicted octanol–water partition coefficient (Wildman–Crippen LogP) is 2.85. The summed E-state index contributed by atoms with van der Waals surface area (Å²) in [7, 11) is 0. The van der Waals surface area contributed by atoms with Crippen LogP contribution in [0, 0.1) is 5.92 Å². The van der Waals surface area contributed by atoms with E-state index in [2.05, 4.69) is 10.1 Å². The summed E-state index contributed by atoms with van der Waals surface area (Å²) in [6.07, 6.45) is -4.62. The normalized spacial score (nSPS) is 18.4. The average molecular weight is 358 g/mol. The third kappa shape index (κ3) is 5.37. The number of likely N-dealkylation sites (tertiary alicyclic amines) is 1. The highest BCUT2D eigenvalue weighted by Gasteiger charge is 2.39. The molecule has 1 heterocycles. The molecule has 0 spiro atoms. The molecule has 25 heavy (non-hydrogen) atoms. The van der Waals surface area contributed by atoms with Gasteiger partial charge in [-0.2, -0.15) is 0 Å². The van der Waals surface area contributed by atoms with Crippen LogP contribution in [0.4, 0.5) is 13.2 Å². The van der Waals surface area contributed by atoms with E-state index in [0.717, 1.165) is 0 Å². The maximum absolute atomic E-state index is 12.2. The minimum absolute atomic E-state index is 0.0636. The van der Waals surface area contributed by atoms with Crippen molar-refractivity contribution in [1.82, 2.24) is 10.2 Å². The lowest BCUT2D eigenvalue weighted by Gasteiger charge is -2.31. The van der Waals surface area contributed by atoms with Crippen LogP contribution in [-0.2, 0) is 16.1 Å². The van der Waals surface area contributed by atoms with E-state index in [1.165, 1.54) is 18.2 Å². The lowest BCUT2D eigenvalue weighted by molar-refractivity contribution is -0.274. The summed E-state index contributed by atoms with van der Waals surface area (Å²) < 4.78 is 40.5. The van der Waals surface area contributed by atoms with Gasteiger partial charge in [-0.15, -0.1) is 13.2 Å². The Morgan fingerprint density at radius 3 is 2.56 bits per heavy atom. The summed E-state index contributed by atoms with van der Waals surface area (Å²) in [5.74, 6) is -1.16.